The number of aliphatic imine (C=N–C) groups is 1. The monoisotopic (exact) mass is 572 g/mol. The van der Waals surface area contributed by atoms with Crippen LogP contribution in [0, 0.1) is 6.92 Å². The molecule has 2 aromatic rings. The molecule has 1 aromatic carbocycles. The number of aryl methyl sites for hydroxylation is 1. The van der Waals surface area contributed by atoms with Gasteiger partial charge in [-0.05, 0) is 57.9 Å². The lowest BCUT2D eigenvalue weighted by molar-refractivity contribution is 0.0596. The molecule has 1 amide bonds. The van der Waals surface area contributed by atoms with E-state index in [0.717, 1.165) is 12.0 Å². The van der Waals surface area contributed by atoms with E-state index < -0.39 is 17.7 Å². The number of ether oxygens (including phenoxy) is 2. The van der Waals surface area contributed by atoms with Crippen LogP contribution in [0.25, 0.3) is 0 Å². The van der Waals surface area contributed by atoms with Crippen molar-refractivity contribution in [3.8, 4) is 0 Å². The van der Waals surface area contributed by atoms with Gasteiger partial charge in [-0.25, -0.2) is 9.59 Å². The number of esters is 1. The van der Waals surface area contributed by atoms with Crippen molar-refractivity contribution < 1.29 is 23.5 Å². The first-order valence-corrected chi connectivity index (χ1v) is 10.3. The normalized spacial score (nSPS) is 11.3. The molecule has 0 spiro atoms. The molecule has 1 aromatic heterocycles. The topological polar surface area (TPSA) is 114 Å². The highest BCUT2D eigenvalue weighted by atomic mass is 127. The van der Waals surface area contributed by atoms with Gasteiger partial charge in [0, 0.05) is 19.3 Å². The summed E-state index contributed by atoms with van der Waals surface area (Å²) in [7, 11) is 3.02. The molecule has 0 saturated carbocycles. The van der Waals surface area contributed by atoms with E-state index in [-0.39, 0.29) is 24.0 Å². The van der Waals surface area contributed by atoms with Gasteiger partial charge in [-0.2, -0.15) is 0 Å². The van der Waals surface area contributed by atoms with Crippen molar-refractivity contribution in [2.24, 2.45) is 4.99 Å². The highest BCUT2D eigenvalue weighted by molar-refractivity contribution is 14.0. The largest absolute Gasteiger partial charge is 0.465 e. The summed E-state index contributed by atoms with van der Waals surface area (Å²) in [5.41, 5.74) is 1.65. The van der Waals surface area contributed by atoms with Crippen molar-refractivity contribution in [1.29, 1.82) is 0 Å². The number of rotatable bonds is 7. The van der Waals surface area contributed by atoms with E-state index in [9.17, 15) is 9.59 Å². The van der Waals surface area contributed by atoms with Gasteiger partial charge in [0.15, 0.2) is 5.96 Å². The average molecular weight is 572 g/mol. The third-order valence-electron chi connectivity index (χ3n) is 4.33. The zero-order chi connectivity index (χ0) is 23.7. The lowest BCUT2D eigenvalue weighted by Gasteiger charge is -2.19. The fraction of sp³-hybridized carbons (Fsp3) is 0.435. The maximum atomic E-state index is 11.8. The number of hydrogen-bond acceptors (Lipinski definition) is 6. The van der Waals surface area contributed by atoms with Crippen LogP contribution in [0.15, 0.2) is 39.7 Å². The van der Waals surface area contributed by atoms with Crippen LogP contribution < -0.4 is 16.0 Å². The number of halogens is 1. The predicted molar refractivity (Wildman–Crippen MR) is 138 cm³/mol. The lowest BCUT2D eigenvalue weighted by atomic mass is 10.1. The number of benzene rings is 1. The van der Waals surface area contributed by atoms with Crippen molar-refractivity contribution in [2.75, 3.05) is 26.0 Å². The molecule has 0 atom stereocenters. The molecule has 0 radical (unpaired) electrons. The summed E-state index contributed by atoms with van der Waals surface area (Å²) in [4.78, 5) is 27.7. The molecule has 33 heavy (non-hydrogen) atoms. The number of hydrogen-bond donors (Lipinski definition) is 3. The van der Waals surface area contributed by atoms with Crippen molar-refractivity contribution in [3.05, 3.63) is 53.0 Å². The number of nitrogens with one attached hydrogen (secondary N) is 3. The first-order chi connectivity index (χ1) is 15.1. The van der Waals surface area contributed by atoms with Crippen molar-refractivity contribution in [3.63, 3.8) is 0 Å². The Hall–Kier alpha value is -2.76. The van der Waals surface area contributed by atoms with Crippen LogP contribution in [0.1, 0.15) is 48.2 Å². The zero-order valence-corrected chi connectivity index (χ0v) is 22.2. The minimum Gasteiger partial charge on any atom is -0.465 e. The third kappa shape index (κ3) is 9.72. The van der Waals surface area contributed by atoms with Crippen LogP contribution in [-0.4, -0.2) is 44.3 Å². The molecule has 0 fully saturated rings. The molecule has 9 nitrogen and oxygen atoms in total. The molecular weight excluding hydrogens is 539 g/mol. The number of carbonyl (C=O) groups excluding carboxylic acids is 2. The van der Waals surface area contributed by atoms with Gasteiger partial charge in [0.05, 0.1) is 13.7 Å². The lowest BCUT2D eigenvalue weighted by Crippen LogP contribution is -2.37. The minimum atomic E-state index is -0.540. The summed E-state index contributed by atoms with van der Waals surface area (Å²) in [5, 5.41) is 9.10. The van der Waals surface area contributed by atoms with E-state index in [1.807, 2.05) is 45.0 Å². The smallest absolute Gasteiger partial charge is 0.412 e. The summed E-state index contributed by atoms with van der Waals surface area (Å²) < 4.78 is 15.6. The third-order valence-corrected chi connectivity index (χ3v) is 4.33. The molecule has 182 valence electrons. The van der Waals surface area contributed by atoms with Gasteiger partial charge in [0.2, 0.25) is 0 Å². The molecule has 0 saturated heterocycles. The van der Waals surface area contributed by atoms with Crippen LogP contribution in [0.3, 0.4) is 0 Å². The number of methoxy groups -OCH3 is 1. The number of furan rings is 1. The average Bonchev–Trinajstić information content (AvgIpc) is 3.10. The van der Waals surface area contributed by atoms with E-state index in [0.29, 0.717) is 41.8 Å². The van der Waals surface area contributed by atoms with E-state index in [1.54, 1.807) is 20.0 Å². The SMILES string of the molecule is CN=C(NCCc1ccc(NC(=O)OC(C)(C)C)cc1)NCc1cc(C(=O)OC)c(C)o1.I. The van der Waals surface area contributed by atoms with Crippen LogP contribution in [0.2, 0.25) is 0 Å². The summed E-state index contributed by atoms with van der Waals surface area (Å²) in [6.45, 7) is 8.21. The molecule has 0 bridgehead atoms. The summed E-state index contributed by atoms with van der Waals surface area (Å²) in [6, 6.07) is 9.23. The van der Waals surface area contributed by atoms with Gasteiger partial charge in [-0.15, -0.1) is 24.0 Å². The predicted octanol–water partition coefficient (Wildman–Crippen LogP) is 4.25. The van der Waals surface area contributed by atoms with Gasteiger partial charge >= 0.3 is 12.1 Å². The number of guanidine groups is 1. The van der Waals surface area contributed by atoms with Crippen LogP contribution in [-0.2, 0) is 22.4 Å². The molecule has 0 aliphatic carbocycles. The fourth-order valence-corrected chi connectivity index (χ4v) is 2.84. The molecule has 10 heteroatoms. The van der Waals surface area contributed by atoms with Crippen LogP contribution in [0.5, 0.6) is 0 Å². The minimum absolute atomic E-state index is 0. The number of nitrogens with zero attached hydrogens (tertiary/aromatic N) is 1. The molecule has 3 N–H and O–H groups in total. The second kappa shape index (κ2) is 13.1. The maximum Gasteiger partial charge on any atom is 0.412 e. The molecule has 0 unspecified atom stereocenters. The highest BCUT2D eigenvalue weighted by Crippen LogP contribution is 2.16. The number of amides is 1. The Bertz CT molecular complexity index is 949. The first-order valence-electron chi connectivity index (χ1n) is 10.3. The number of anilines is 1. The Labute approximate surface area is 211 Å². The highest BCUT2D eigenvalue weighted by Gasteiger charge is 2.16. The Kier molecular flexibility index (Phi) is 11.2. The Balaban J connectivity index is 0.00000544. The van der Waals surface area contributed by atoms with Gasteiger partial charge in [0.1, 0.15) is 22.7 Å². The second-order valence-corrected chi connectivity index (χ2v) is 8.10. The van der Waals surface area contributed by atoms with E-state index in [4.69, 9.17) is 13.9 Å². The van der Waals surface area contributed by atoms with Gasteiger partial charge in [-0.3, -0.25) is 10.3 Å². The van der Waals surface area contributed by atoms with E-state index in [2.05, 4.69) is 20.9 Å². The maximum absolute atomic E-state index is 11.8. The van der Waals surface area contributed by atoms with Crippen LogP contribution in [0.4, 0.5) is 10.5 Å². The standard InChI is InChI=1S/C23H32N4O5.HI/c1-15-19(20(28)30-6)13-18(31-15)14-26-21(24-5)25-12-11-16-7-9-17(10-8-16)27-22(29)32-23(2,3)4;/h7-10,13H,11-12,14H2,1-6H3,(H,27,29)(H2,24,25,26);1H. The van der Waals surface area contributed by atoms with Crippen molar-refractivity contribution >= 4 is 47.7 Å². The molecular formula is C23H33IN4O5. The molecule has 2 rings (SSSR count). The van der Waals surface area contributed by atoms with Gasteiger partial charge < -0.3 is 24.5 Å². The van der Waals surface area contributed by atoms with Gasteiger partial charge in [-0.1, -0.05) is 12.1 Å². The van der Waals surface area contributed by atoms with Gasteiger partial charge in [0.25, 0.3) is 0 Å². The quantitative estimate of drug-likeness (QED) is 0.197. The summed E-state index contributed by atoms with van der Waals surface area (Å²) >= 11 is 0. The zero-order valence-electron chi connectivity index (χ0n) is 19.9. The second-order valence-electron chi connectivity index (χ2n) is 8.10. The van der Waals surface area contributed by atoms with Crippen molar-refractivity contribution in [2.45, 2.75) is 46.3 Å². The summed E-state index contributed by atoms with van der Waals surface area (Å²) in [5.74, 6) is 1.31. The Morgan fingerprint density at radius 2 is 1.79 bits per heavy atom. The summed E-state index contributed by atoms with van der Waals surface area (Å²) in [6.07, 6.45) is 0.284. The molecule has 0 aliphatic rings. The Morgan fingerprint density at radius 1 is 1.12 bits per heavy atom. The fourth-order valence-electron chi connectivity index (χ4n) is 2.84. The van der Waals surface area contributed by atoms with E-state index >= 15 is 0 Å². The first kappa shape index (κ1) is 28.3. The Morgan fingerprint density at radius 3 is 2.36 bits per heavy atom. The molecule has 1 heterocycles. The van der Waals surface area contributed by atoms with Crippen LogP contribution >= 0.6 is 24.0 Å². The number of carbonyl (C=O) groups is 2. The van der Waals surface area contributed by atoms with E-state index in [1.165, 1.54) is 7.11 Å². The molecule has 0 aliphatic heterocycles. The van der Waals surface area contributed by atoms with Crippen molar-refractivity contribution in [1.82, 2.24) is 10.6 Å².